The molecule has 1 saturated heterocycles. The molecule has 2 rings (SSSR count). The first-order chi connectivity index (χ1) is 8.10. The van der Waals surface area contributed by atoms with E-state index in [2.05, 4.69) is 4.98 Å². The fourth-order valence-electron chi connectivity index (χ4n) is 2.23. The number of rotatable bonds is 2. The maximum Gasteiger partial charge on any atom is 0.143 e. The molecule has 0 bridgehead atoms. The number of nitrogens with zero attached hydrogens (tertiary/aromatic N) is 2. The quantitative estimate of drug-likeness (QED) is 0.847. The molecule has 5 heteroatoms. The summed E-state index contributed by atoms with van der Waals surface area (Å²) in [7, 11) is 0. The number of hydrogen-bond donors (Lipinski definition) is 1. The van der Waals surface area contributed by atoms with Crippen LogP contribution in [0.3, 0.4) is 0 Å². The van der Waals surface area contributed by atoms with Crippen LogP contribution in [0.15, 0.2) is 12.3 Å². The van der Waals surface area contributed by atoms with Gasteiger partial charge in [0.2, 0.25) is 0 Å². The Hall–Kier alpha value is -1.20. The lowest BCUT2D eigenvalue weighted by atomic mass is 10.2. The zero-order chi connectivity index (χ0) is 12.4. The fourth-order valence-corrected chi connectivity index (χ4v) is 2.23. The normalized spacial score (nSPS) is 25.1. The number of ether oxygens (including phenoxy) is 1. The fraction of sp³-hybridized carbons (Fsp3) is 0.583. The molecule has 0 aliphatic carbocycles. The van der Waals surface area contributed by atoms with Crippen LogP contribution in [0.4, 0.5) is 10.1 Å². The Morgan fingerprint density at radius 1 is 1.47 bits per heavy atom. The highest BCUT2D eigenvalue weighted by Crippen LogP contribution is 2.24. The molecule has 1 aromatic heterocycles. The minimum atomic E-state index is -0.385. The first kappa shape index (κ1) is 12.3. The molecule has 0 aromatic carbocycles. The topological polar surface area (TPSA) is 45.6 Å². The summed E-state index contributed by atoms with van der Waals surface area (Å²) < 4.78 is 18.9. The molecule has 94 valence electrons. The zero-order valence-electron chi connectivity index (χ0n) is 10.1. The third-order valence-corrected chi connectivity index (χ3v) is 2.82. The Bertz CT molecular complexity index is 390. The summed E-state index contributed by atoms with van der Waals surface area (Å²) >= 11 is 0. The van der Waals surface area contributed by atoms with Crippen molar-refractivity contribution >= 4 is 5.69 Å². The highest BCUT2D eigenvalue weighted by atomic mass is 19.1. The van der Waals surface area contributed by atoms with E-state index in [-0.39, 0.29) is 24.6 Å². The van der Waals surface area contributed by atoms with E-state index in [1.54, 1.807) is 0 Å². The predicted octanol–water partition coefficient (Wildman–Crippen LogP) is 1.33. The number of pyridine rings is 1. The minimum Gasteiger partial charge on any atom is -0.390 e. The van der Waals surface area contributed by atoms with E-state index in [1.165, 1.54) is 6.07 Å². The van der Waals surface area contributed by atoms with Crippen LogP contribution in [0.1, 0.15) is 19.5 Å². The molecular weight excluding hydrogens is 223 g/mol. The van der Waals surface area contributed by atoms with Crippen molar-refractivity contribution in [2.45, 2.75) is 32.7 Å². The van der Waals surface area contributed by atoms with E-state index in [0.717, 1.165) is 6.20 Å². The van der Waals surface area contributed by atoms with Crippen molar-refractivity contribution in [1.82, 2.24) is 4.98 Å². The smallest absolute Gasteiger partial charge is 0.143 e. The summed E-state index contributed by atoms with van der Waals surface area (Å²) in [6.45, 7) is 5.14. The van der Waals surface area contributed by atoms with E-state index < -0.39 is 0 Å². The highest BCUT2D eigenvalue weighted by Gasteiger charge is 2.24. The van der Waals surface area contributed by atoms with Gasteiger partial charge in [-0.2, -0.15) is 0 Å². The van der Waals surface area contributed by atoms with Crippen LogP contribution in [0.2, 0.25) is 0 Å². The number of aromatic nitrogens is 1. The molecule has 1 aliphatic heterocycles. The standard InChI is InChI=1S/C12H17FN2O2/c1-8-5-15(6-9(2)17-8)12-3-10(13)4-14-11(12)7-16/h3-4,8-9,16H,5-7H2,1-2H3/t8-,9+. The summed E-state index contributed by atoms with van der Waals surface area (Å²) in [5, 5.41) is 9.23. The molecule has 0 radical (unpaired) electrons. The average Bonchev–Trinajstić information content (AvgIpc) is 2.27. The molecule has 2 atom stereocenters. The van der Waals surface area contributed by atoms with Gasteiger partial charge in [0.25, 0.3) is 0 Å². The SMILES string of the molecule is C[C@@H]1CN(c2cc(F)cnc2CO)C[C@H](C)O1. The molecule has 1 aliphatic rings. The van der Waals surface area contributed by atoms with Gasteiger partial charge in [0.1, 0.15) is 5.82 Å². The minimum absolute atomic E-state index is 0.0913. The van der Waals surface area contributed by atoms with Gasteiger partial charge in [-0.25, -0.2) is 4.39 Å². The summed E-state index contributed by atoms with van der Waals surface area (Å²) in [5.74, 6) is -0.385. The number of morpholine rings is 1. The number of anilines is 1. The summed E-state index contributed by atoms with van der Waals surface area (Å²) in [6, 6.07) is 1.42. The Morgan fingerprint density at radius 2 is 2.12 bits per heavy atom. The van der Waals surface area contributed by atoms with Gasteiger partial charge in [-0.05, 0) is 13.8 Å². The van der Waals surface area contributed by atoms with E-state index in [4.69, 9.17) is 4.74 Å². The number of aliphatic hydroxyl groups excluding tert-OH is 1. The van der Waals surface area contributed by atoms with Crippen molar-refractivity contribution in [3.05, 3.63) is 23.8 Å². The van der Waals surface area contributed by atoms with Gasteiger partial charge in [-0.1, -0.05) is 0 Å². The molecule has 1 N–H and O–H groups in total. The maximum absolute atomic E-state index is 13.2. The second-order valence-electron chi connectivity index (χ2n) is 4.44. The number of aliphatic hydroxyl groups is 1. The highest BCUT2D eigenvalue weighted by molar-refractivity contribution is 5.51. The Labute approximate surface area is 100 Å². The van der Waals surface area contributed by atoms with Crippen molar-refractivity contribution in [1.29, 1.82) is 0 Å². The second-order valence-corrected chi connectivity index (χ2v) is 4.44. The zero-order valence-corrected chi connectivity index (χ0v) is 10.1. The Kier molecular flexibility index (Phi) is 3.59. The van der Waals surface area contributed by atoms with Gasteiger partial charge >= 0.3 is 0 Å². The molecule has 4 nitrogen and oxygen atoms in total. The number of halogens is 1. The summed E-state index contributed by atoms with van der Waals surface area (Å²) in [6.07, 6.45) is 1.31. The molecule has 2 heterocycles. The Morgan fingerprint density at radius 3 is 2.71 bits per heavy atom. The molecule has 0 amide bonds. The summed E-state index contributed by atoms with van der Waals surface area (Å²) in [5.41, 5.74) is 1.17. The van der Waals surface area contributed by atoms with Crippen LogP contribution in [0.25, 0.3) is 0 Å². The van der Waals surface area contributed by atoms with E-state index >= 15 is 0 Å². The van der Waals surface area contributed by atoms with Gasteiger partial charge in [0.15, 0.2) is 0 Å². The van der Waals surface area contributed by atoms with Crippen LogP contribution >= 0.6 is 0 Å². The van der Waals surface area contributed by atoms with Crippen molar-refractivity contribution in [2.75, 3.05) is 18.0 Å². The average molecular weight is 240 g/mol. The molecule has 0 spiro atoms. The lowest BCUT2D eigenvalue weighted by molar-refractivity contribution is -0.00536. The second kappa shape index (κ2) is 4.98. The first-order valence-corrected chi connectivity index (χ1v) is 5.76. The van der Waals surface area contributed by atoms with Gasteiger partial charge in [0, 0.05) is 19.2 Å². The van der Waals surface area contributed by atoms with Crippen LogP contribution in [-0.2, 0) is 11.3 Å². The monoisotopic (exact) mass is 240 g/mol. The molecule has 0 unspecified atom stereocenters. The molecular formula is C12H17FN2O2. The van der Waals surface area contributed by atoms with Crippen molar-refractivity contribution in [2.24, 2.45) is 0 Å². The van der Waals surface area contributed by atoms with Crippen molar-refractivity contribution < 1.29 is 14.2 Å². The lowest BCUT2D eigenvalue weighted by Crippen LogP contribution is -2.46. The molecule has 1 fully saturated rings. The van der Waals surface area contributed by atoms with Gasteiger partial charge < -0.3 is 14.7 Å². The van der Waals surface area contributed by atoms with E-state index in [1.807, 2.05) is 18.7 Å². The first-order valence-electron chi connectivity index (χ1n) is 5.76. The van der Waals surface area contributed by atoms with Crippen molar-refractivity contribution in [3.63, 3.8) is 0 Å². The molecule has 17 heavy (non-hydrogen) atoms. The molecule has 1 aromatic rings. The van der Waals surface area contributed by atoms with Crippen LogP contribution in [-0.4, -0.2) is 35.4 Å². The number of hydrogen-bond acceptors (Lipinski definition) is 4. The van der Waals surface area contributed by atoms with E-state index in [9.17, 15) is 9.50 Å². The van der Waals surface area contributed by atoms with Crippen LogP contribution in [0, 0.1) is 5.82 Å². The van der Waals surface area contributed by atoms with E-state index in [0.29, 0.717) is 24.5 Å². The maximum atomic E-state index is 13.2. The third-order valence-electron chi connectivity index (χ3n) is 2.82. The van der Waals surface area contributed by atoms with Gasteiger partial charge in [-0.3, -0.25) is 4.98 Å². The summed E-state index contributed by atoms with van der Waals surface area (Å²) in [4.78, 5) is 5.93. The van der Waals surface area contributed by atoms with Crippen LogP contribution < -0.4 is 4.90 Å². The van der Waals surface area contributed by atoms with Crippen LogP contribution in [0.5, 0.6) is 0 Å². The van der Waals surface area contributed by atoms with Crippen molar-refractivity contribution in [3.8, 4) is 0 Å². The lowest BCUT2D eigenvalue weighted by Gasteiger charge is -2.37. The largest absolute Gasteiger partial charge is 0.390 e. The predicted molar refractivity (Wildman–Crippen MR) is 62.3 cm³/mol. The van der Waals surface area contributed by atoms with Gasteiger partial charge in [0.05, 0.1) is 36.4 Å². The van der Waals surface area contributed by atoms with Gasteiger partial charge in [-0.15, -0.1) is 0 Å². The molecule has 0 saturated carbocycles. The Balaban J connectivity index is 2.28. The third kappa shape index (κ3) is 2.73.